The molecule has 3 N–H and O–H groups in total. The van der Waals surface area contributed by atoms with Gasteiger partial charge in [0.25, 0.3) is 0 Å². The molecule has 9 nitrogen and oxygen atoms in total. The SMILES string of the molecule is N#Cc1c(N)sc2cccc(-c3c(Cl)c4c5c(nc(OC[C@@]67CCCN6C[C@@H](F)C7)nc5c3F)N3C[C@H]5CC[C@H](N5)[C@H]3CO4)c12. The first-order valence-corrected chi connectivity index (χ1v) is 16.7. The predicted octanol–water partition coefficient (Wildman–Crippen LogP) is 5.41. The highest BCUT2D eigenvalue weighted by Crippen LogP contribution is 2.51. The summed E-state index contributed by atoms with van der Waals surface area (Å²) in [5, 5.41) is 15.0. The molecular formula is C32H30ClF2N7O2S. The molecule has 0 aliphatic carbocycles. The van der Waals surface area contributed by atoms with Crippen LogP contribution < -0.4 is 25.4 Å². The molecule has 2 aromatic carbocycles. The number of ether oxygens (including phenoxy) is 2. The fourth-order valence-corrected chi connectivity index (χ4v) is 9.80. The molecule has 0 spiro atoms. The Morgan fingerprint density at radius 2 is 2.16 bits per heavy atom. The minimum atomic E-state index is -0.901. The zero-order chi connectivity index (χ0) is 30.6. The Kier molecular flexibility index (Phi) is 6.17. The van der Waals surface area contributed by atoms with Crippen molar-refractivity contribution >= 4 is 54.7 Å². The number of hydrogen-bond donors (Lipinski definition) is 2. The summed E-state index contributed by atoms with van der Waals surface area (Å²) in [6.45, 7) is 2.46. The van der Waals surface area contributed by atoms with Gasteiger partial charge >= 0.3 is 6.01 Å². The van der Waals surface area contributed by atoms with E-state index in [9.17, 15) is 9.65 Å². The summed E-state index contributed by atoms with van der Waals surface area (Å²) < 4.78 is 45.2. The Morgan fingerprint density at radius 3 is 3.02 bits per heavy atom. The van der Waals surface area contributed by atoms with E-state index in [-0.39, 0.29) is 52.4 Å². The average Bonchev–Trinajstić information content (AvgIpc) is 3.74. The lowest BCUT2D eigenvalue weighted by molar-refractivity contribution is 0.107. The number of thiophene rings is 1. The van der Waals surface area contributed by atoms with E-state index in [1.165, 1.54) is 11.3 Å². The van der Waals surface area contributed by atoms with Crippen molar-refractivity contribution < 1.29 is 18.3 Å². The maximum Gasteiger partial charge on any atom is 0.319 e. The summed E-state index contributed by atoms with van der Waals surface area (Å²) in [5.41, 5.74) is 6.62. The lowest BCUT2D eigenvalue weighted by Gasteiger charge is -2.40. The molecule has 0 radical (unpaired) electrons. The molecule has 4 aromatic rings. The molecule has 2 bridgehead atoms. The number of nitrogens with two attached hydrogens (primary N) is 1. The van der Waals surface area contributed by atoms with Gasteiger partial charge in [0.15, 0.2) is 11.6 Å². The maximum atomic E-state index is 17.1. The van der Waals surface area contributed by atoms with E-state index in [4.69, 9.17) is 31.8 Å². The molecule has 0 amide bonds. The van der Waals surface area contributed by atoms with Crippen LogP contribution in [0.4, 0.5) is 19.6 Å². The van der Waals surface area contributed by atoms with Gasteiger partial charge in [-0.2, -0.15) is 15.2 Å². The van der Waals surface area contributed by atoms with Gasteiger partial charge < -0.3 is 25.4 Å². The molecule has 9 rings (SSSR count). The van der Waals surface area contributed by atoms with E-state index in [0.29, 0.717) is 59.0 Å². The van der Waals surface area contributed by atoms with Crippen molar-refractivity contribution in [3.8, 4) is 29.0 Å². The summed E-state index contributed by atoms with van der Waals surface area (Å²) in [7, 11) is 0. The highest BCUT2D eigenvalue weighted by atomic mass is 35.5. The molecular weight excluding hydrogens is 620 g/mol. The summed E-state index contributed by atoms with van der Waals surface area (Å²) in [4.78, 5) is 14.0. The van der Waals surface area contributed by atoms with Gasteiger partial charge in [0.1, 0.15) is 41.8 Å². The average molecular weight is 650 g/mol. The molecule has 5 aliphatic heterocycles. The van der Waals surface area contributed by atoms with Crippen LogP contribution >= 0.6 is 22.9 Å². The number of rotatable bonds is 4. The number of nitrogens with one attached hydrogen (secondary N) is 1. The molecule has 45 heavy (non-hydrogen) atoms. The molecule has 5 atom stereocenters. The van der Waals surface area contributed by atoms with Crippen molar-refractivity contribution in [2.45, 2.75) is 61.9 Å². The van der Waals surface area contributed by atoms with Crippen LogP contribution in [0.5, 0.6) is 11.8 Å². The first-order valence-electron chi connectivity index (χ1n) is 15.5. The molecule has 13 heteroatoms. The van der Waals surface area contributed by atoms with Crippen LogP contribution in [-0.4, -0.2) is 77.6 Å². The van der Waals surface area contributed by atoms with E-state index in [0.717, 1.165) is 36.9 Å². The fraction of sp³-hybridized carbons (Fsp3) is 0.469. The zero-order valence-corrected chi connectivity index (χ0v) is 25.9. The molecule has 232 valence electrons. The first kappa shape index (κ1) is 27.8. The Hall–Kier alpha value is -3.50. The van der Waals surface area contributed by atoms with E-state index < -0.39 is 17.5 Å². The normalized spacial score (nSPS) is 28.6. The van der Waals surface area contributed by atoms with Crippen LogP contribution in [-0.2, 0) is 0 Å². The maximum absolute atomic E-state index is 17.1. The van der Waals surface area contributed by atoms with Gasteiger partial charge in [-0.25, -0.2) is 8.78 Å². The van der Waals surface area contributed by atoms with Gasteiger partial charge in [-0.15, -0.1) is 11.3 Å². The molecule has 0 saturated carbocycles. The van der Waals surface area contributed by atoms with Gasteiger partial charge in [0.2, 0.25) is 0 Å². The summed E-state index contributed by atoms with van der Waals surface area (Å²) in [6, 6.07) is 8.01. The lowest BCUT2D eigenvalue weighted by atomic mass is 9.95. The van der Waals surface area contributed by atoms with Gasteiger partial charge in [-0.3, -0.25) is 4.90 Å². The highest BCUT2D eigenvalue weighted by molar-refractivity contribution is 7.23. The van der Waals surface area contributed by atoms with E-state index >= 15 is 4.39 Å². The van der Waals surface area contributed by atoms with Gasteiger partial charge in [-0.1, -0.05) is 23.7 Å². The number of halogens is 3. The zero-order valence-electron chi connectivity index (χ0n) is 24.3. The van der Waals surface area contributed by atoms with Crippen LogP contribution in [0.2, 0.25) is 5.02 Å². The van der Waals surface area contributed by atoms with Crippen molar-refractivity contribution in [2.75, 3.05) is 43.5 Å². The molecule has 5 aliphatic rings. The van der Waals surface area contributed by atoms with Crippen LogP contribution in [0, 0.1) is 17.1 Å². The molecule has 4 fully saturated rings. The van der Waals surface area contributed by atoms with Crippen molar-refractivity contribution in [2.24, 2.45) is 0 Å². The minimum absolute atomic E-state index is 0.0326. The summed E-state index contributed by atoms with van der Waals surface area (Å²) >= 11 is 8.38. The lowest BCUT2D eigenvalue weighted by Crippen LogP contribution is -2.60. The number of benzene rings is 2. The Bertz CT molecular complexity index is 1950. The number of hydrogen-bond acceptors (Lipinski definition) is 10. The Morgan fingerprint density at radius 1 is 1.27 bits per heavy atom. The molecule has 0 unspecified atom stereocenters. The van der Waals surface area contributed by atoms with Crippen LogP contribution in [0.3, 0.4) is 0 Å². The second-order valence-corrected chi connectivity index (χ2v) is 14.4. The number of fused-ring (bicyclic) bond motifs is 7. The minimum Gasteiger partial charge on any atom is -0.489 e. The van der Waals surface area contributed by atoms with E-state index in [2.05, 4.69) is 26.2 Å². The topological polar surface area (TPSA) is 113 Å². The summed E-state index contributed by atoms with van der Waals surface area (Å²) in [6.07, 6.45) is 3.34. The largest absolute Gasteiger partial charge is 0.489 e. The first-order chi connectivity index (χ1) is 21.8. The van der Waals surface area contributed by atoms with Crippen molar-refractivity contribution in [3.63, 3.8) is 0 Å². The standard InChI is InChI=1S/C32H30ClF2N7O2S/c33-25-23(17-3-1-4-21-22(17)18(10-36)29(37)45-21)26(35)27-24-28(25)43-13-20-19-6-5-16(38-19)12-42(20)30(24)40-31(39-27)44-14-32-7-2-8-41(32)11-15(34)9-32/h1,3-4,15-16,19-20,38H,2,5-9,11-14,37H2/t15-,16+,19-,20+,32-/m0/s1. The highest BCUT2D eigenvalue weighted by Gasteiger charge is 2.50. The Labute approximate surface area is 266 Å². The van der Waals surface area contributed by atoms with Gasteiger partial charge in [0, 0.05) is 47.2 Å². The smallest absolute Gasteiger partial charge is 0.319 e. The van der Waals surface area contributed by atoms with E-state index in [1.54, 1.807) is 12.1 Å². The van der Waals surface area contributed by atoms with Gasteiger partial charge in [-0.05, 0) is 43.9 Å². The number of aromatic nitrogens is 2. The van der Waals surface area contributed by atoms with Crippen molar-refractivity contribution in [1.29, 1.82) is 5.26 Å². The number of nitriles is 1. The van der Waals surface area contributed by atoms with Crippen LogP contribution in [0.25, 0.3) is 32.1 Å². The van der Waals surface area contributed by atoms with Crippen LogP contribution in [0.1, 0.15) is 37.7 Å². The Balaban J connectivity index is 1.25. The third kappa shape index (κ3) is 4.00. The van der Waals surface area contributed by atoms with Crippen molar-refractivity contribution in [3.05, 3.63) is 34.6 Å². The summed E-state index contributed by atoms with van der Waals surface area (Å²) in [5.74, 6) is 0.189. The molecule has 2 aromatic heterocycles. The third-order valence-corrected chi connectivity index (χ3v) is 11.9. The monoisotopic (exact) mass is 649 g/mol. The fourth-order valence-electron chi connectivity index (χ4n) is 8.52. The second-order valence-electron chi connectivity index (χ2n) is 13.0. The van der Waals surface area contributed by atoms with Gasteiger partial charge in [0.05, 0.1) is 27.6 Å². The molecule has 4 saturated heterocycles. The number of nitrogens with zero attached hydrogens (tertiary/aromatic N) is 5. The third-order valence-electron chi connectivity index (χ3n) is 10.5. The second kappa shape index (κ2) is 10.00. The van der Waals surface area contributed by atoms with E-state index in [1.807, 2.05) is 6.07 Å². The number of anilines is 2. The van der Waals surface area contributed by atoms with Crippen molar-refractivity contribution in [1.82, 2.24) is 20.2 Å². The van der Waals surface area contributed by atoms with Crippen LogP contribution in [0.15, 0.2) is 18.2 Å². The number of piperazine rings is 1. The number of nitrogen functional groups attached to an aromatic ring is 1. The predicted molar refractivity (Wildman–Crippen MR) is 170 cm³/mol. The molecule has 7 heterocycles. The quantitative estimate of drug-likeness (QED) is 0.300. The number of alkyl halides is 1.